The van der Waals surface area contributed by atoms with Gasteiger partial charge in [-0.05, 0) is 103 Å². The van der Waals surface area contributed by atoms with Crippen molar-refractivity contribution in [2.45, 2.75) is 6.61 Å². The number of hydrogen-bond donors (Lipinski definition) is 5. The third kappa shape index (κ3) is 12.9. The maximum atomic E-state index is 10.1. The van der Waals surface area contributed by atoms with E-state index in [1.54, 1.807) is 104 Å². The van der Waals surface area contributed by atoms with E-state index in [1.807, 2.05) is 44.1 Å². The molecule has 0 aliphatic carbocycles. The first-order valence-electron chi connectivity index (χ1n) is 17.6. The van der Waals surface area contributed by atoms with E-state index >= 15 is 0 Å². The van der Waals surface area contributed by atoms with Crippen LogP contribution in [0.15, 0.2) is 162 Å². The number of benzene rings is 6. The van der Waals surface area contributed by atoms with Gasteiger partial charge in [-0.2, -0.15) is 20.5 Å². The quantitative estimate of drug-likeness (QED) is 0.0745. The van der Waals surface area contributed by atoms with Gasteiger partial charge in [0, 0.05) is 68.5 Å². The fourth-order valence-corrected chi connectivity index (χ4v) is 4.82. The molecule has 59 heavy (non-hydrogen) atoms. The summed E-state index contributed by atoms with van der Waals surface area (Å²) in [6.45, 7) is -0.0306. The van der Waals surface area contributed by atoms with Crippen LogP contribution in [0.5, 0.6) is 28.7 Å². The minimum atomic E-state index is -0.0654. The molecule has 6 rings (SSSR count). The van der Waals surface area contributed by atoms with Crippen molar-refractivity contribution in [2.75, 3.05) is 45.1 Å². The second-order valence-electron chi connectivity index (χ2n) is 12.8. The molecule has 0 heterocycles. The number of anilines is 2. The molecule has 0 atom stereocenters. The smallest absolute Gasteiger partial charge is 0.145 e. The van der Waals surface area contributed by atoms with Crippen LogP contribution in [-0.2, 0) is 23.4 Å². The molecule has 0 spiro atoms. The fourth-order valence-electron chi connectivity index (χ4n) is 4.82. The molecule has 0 unspecified atom stereocenters. The molecule has 0 aromatic heterocycles. The summed E-state index contributed by atoms with van der Waals surface area (Å²) in [6.07, 6.45) is 0. The molecule has 16 nitrogen and oxygen atoms in total. The average Bonchev–Trinajstić information content (AvgIpc) is 3.23. The first kappa shape index (κ1) is 44.5. The van der Waals surface area contributed by atoms with Gasteiger partial charge in [0.15, 0.2) is 0 Å². The van der Waals surface area contributed by atoms with Gasteiger partial charge in [0.25, 0.3) is 0 Å². The van der Waals surface area contributed by atoms with E-state index < -0.39 is 0 Å². The van der Waals surface area contributed by atoms with E-state index in [0.29, 0.717) is 28.4 Å². The summed E-state index contributed by atoms with van der Waals surface area (Å²) in [6, 6.07) is 33.5. The zero-order valence-electron chi connectivity index (χ0n) is 32.7. The number of azo groups is 4. The summed E-state index contributed by atoms with van der Waals surface area (Å²) < 4.78 is 5.11. The molecule has 0 amide bonds. The van der Waals surface area contributed by atoms with E-state index in [0.717, 1.165) is 22.7 Å². The first-order chi connectivity index (χ1) is 27.9. The minimum Gasteiger partial charge on any atom is -0.506 e. The van der Waals surface area contributed by atoms with Crippen LogP contribution < -0.4 is 14.5 Å². The molecule has 0 aliphatic heterocycles. The number of aliphatic hydroxyl groups is 1. The van der Waals surface area contributed by atoms with Crippen LogP contribution in [0.4, 0.5) is 56.9 Å². The fraction of sp³-hybridized carbons (Fsp3) is 0.143. The molecule has 5 N–H and O–H groups in total. The molecule has 1 radical (unpaired) electrons. The number of aromatic hydroxyl groups is 4. The first-order valence-corrected chi connectivity index (χ1v) is 17.6. The number of phenolic OH excluding ortho intramolecular Hbond substituents is 4. The van der Waals surface area contributed by atoms with Crippen LogP contribution in [0.2, 0.25) is 0 Å². The average molecular weight is 842 g/mol. The Labute approximate surface area is 351 Å². The largest absolute Gasteiger partial charge is 0.506 e. The van der Waals surface area contributed by atoms with Crippen molar-refractivity contribution in [3.63, 3.8) is 0 Å². The molecule has 6 aromatic rings. The number of phenols is 4. The number of ether oxygens (including phenoxy) is 1. The Morgan fingerprint density at radius 3 is 1.17 bits per heavy atom. The summed E-state index contributed by atoms with van der Waals surface area (Å²) in [4.78, 5) is 3.72. The van der Waals surface area contributed by atoms with Crippen LogP contribution in [-0.4, -0.2) is 60.8 Å². The van der Waals surface area contributed by atoms with E-state index in [-0.39, 0.29) is 63.4 Å². The minimum absolute atomic E-state index is 0. The summed E-state index contributed by atoms with van der Waals surface area (Å²) in [5, 5.41) is 82.0. The van der Waals surface area contributed by atoms with Gasteiger partial charge in [0.05, 0.1) is 36.5 Å². The van der Waals surface area contributed by atoms with Gasteiger partial charge in [-0.25, -0.2) is 0 Å². The van der Waals surface area contributed by atoms with Crippen LogP contribution in [0.1, 0.15) is 5.56 Å². The van der Waals surface area contributed by atoms with Crippen molar-refractivity contribution in [3.8, 4) is 28.7 Å². The molecule has 17 heteroatoms. The van der Waals surface area contributed by atoms with Gasteiger partial charge in [0.1, 0.15) is 51.5 Å². The summed E-state index contributed by atoms with van der Waals surface area (Å²) in [5.74, 6) is 0.598. The Hall–Kier alpha value is -7.21. The summed E-state index contributed by atoms with van der Waals surface area (Å²) in [5.41, 5.74) is 5.72. The molecule has 0 bridgehead atoms. The number of rotatable bonds is 12. The predicted molar refractivity (Wildman–Crippen MR) is 223 cm³/mol. The summed E-state index contributed by atoms with van der Waals surface area (Å²) in [7, 11) is 9.09. The Morgan fingerprint density at radius 1 is 0.424 bits per heavy atom. The summed E-state index contributed by atoms with van der Waals surface area (Å²) >= 11 is 0. The van der Waals surface area contributed by atoms with Crippen molar-refractivity contribution in [3.05, 3.63) is 127 Å². The van der Waals surface area contributed by atoms with E-state index in [9.17, 15) is 20.4 Å². The Bertz CT molecular complexity index is 2270. The molecule has 0 saturated heterocycles. The van der Waals surface area contributed by atoms with Gasteiger partial charge in [-0.15, -0.1) is 20.5 Å². The molecular formula is C42H42CoN10O6. The maximum absolute atomic E-state index is 10.1. The monoisotopic (exact) mass is 841 g/mol. The number of methoxy groups -OCH3 is 1. The number of aliphatic hydroxyl groups excluding tert-OH is 1. The van der Waals surface area contributed by atoms with Gasteiger partial charge in [-0.1, -0.05) is 12.1 Å². The van der Waals surface area contributed by atoms with E-state index in [1.165, 1.54) is 18.2 Å². The normalized spacial score (nSPS) is 11.2. The number of hydrogen-bond acceptors (Lipinski definition) is 16. The maximum Gasteiger partial charge on any atom is 0.145 e. The Balaban J connectivity index is 0.000000256. The molecule has 6 aromatic carbocycles. The van der Waals surface area contributed by atoms with Gasteiger partial charge < -0.3 is 40.1 Å². The molecule has 305 valence electrons. The van der Waals surface area contributed by atoms with Crippen molar-refractivity contribution in [2.24, 2.45) is 40.9 Å². The van der Waals surface area contributed by atoms with Crippen molar-refractivity contribution in [1.29, 1.82) is 0 Å². The van der Waals surface area contributed by atoms with Crippen LogP contribution >= 0.6 is 0 Å². The predicted octanol–water partition coefficient (Wildman–Crippen LogP) is 11.5. The second kappa shape index (κ2) is 21.4. The zero-order chi connectivity index (χ0) is 41.6. The SMILES string of the molecule is CN(C)c1ccc(N=Nc2cc(N=Nc3ccc(CO)cc3)ccc2O)c(O)c1.COc1ccc(N=Nc2ccc(O)c(N=Nc3ccc(N(C)C)cc3O)c2)cc1.[Co]. The molecule has 0 aliphatic rings. The van der Waals surface area contributed by atoms with Gasteiger partial charge in [0.2, 0.25) is 0 Å². The molecule has 0 fully saturated rings. The van der Waals surface area contributed by atoms with E-state index in [2.05, 4.69) is 40.9 Å². The van der Waals surface area contributed by atoms with Crippen LogP contribution in [0, 0.1) is 0 Å². The topological polar surface area (TPSA) is 216 Å². The van der Waals surface area contributed by atoms with Gasteiger partial charge >= 0.3 is 0 Å². The Kier molecular flexibility index (Phi) is 16.1. The van der Waals surface area contributed by atoms with E-state index in [4.69, 9.17) is 9.84 Å². The van der Waals surface area contributed by atoms with Gasteiger partial charge in [-0.3, -0.25) is 0 Å². The second-order valence-corrected chi connectivity index (χ2v) is 12.8. The third-order valence-electron chi connectivity index (χ3n) is 8.15. The van der Waals surface area contributed by atoms with Crippen molar-refractivity contribution >= 4 is 56.9 Å². The zero-order valence-corrected chi connectivity index (χ0v) is 33.7. The number of nitrogens with zero attached hydrogens (tertiary/aromatic N) is 10. The standard InChI is InChI=1S/2C21H21N5O3.Co/c1-26(2)16-7-10-18(21(28)13-16)24-25-19-12-15(6-11-20(19)27)23-22-14-4-8-17(29-3)9-5-14;1-26(2)17-8-9-18(21(29)12-17)24-25-19-11-16(7-10-20(19)28)23-22-15-5-3-14(13-27)4-6-15;/h4-13,27-28H,1-3H3;3-12,27-29H,13H2,1-2H3;. The van der Waals surface area contributed by atoms with Crippen LogP contribution in [0.3, 0.4) is 0 Å². The van der Waals surface area contributed by atoms with Crippen molar-refractivity contribution in [1.82, 2.24) is 0 Å². The molecule has 0 saturated carbocycles. The Morgan fingerprint density at radius 2 is 0.797 bits per heavy atom. The van der Waals surface area contributed by atoms with Crippen molar-refractivity contribution < 1.29 is 47.0 Å². The third-order valence-corrected chi connectivity index (χ3v) is 8.15. The molecular weight excluding hydrogens is 799 g/mol. The van der Waals surface area contributed by atoms with Crippen LogP contribution in [0.25, 0.3) is 0 Å².